The molecular formula is C131H78N11O3+. The molecule has 0 saturated heterocycles. The molecule has 31 rings (SSSR count). The van der Waals surface area contributed by atoms with Crippen LogP contribution in [0.3, 0.4) is 0 Å². The van der Waals surface area contributed by atoms with E-state index in [1.165, 1.54) is 53.9 Å². The average molecular weight is 1850 g/mol. The zero-order chi connectivity index (χ0) is 95.0. The molecule has 0 aliphatic carbocycles. The molecule has 0 unspecified atom stereocenters. The first-order valence-corrected chi connectivity index (χ1v) is 48.9. The molecule has 31 aromatic rings. The lowest BCUT2D eigenvalue weighted by molar-refractivity contribution is -0.574. The quantitative estimate of drug-likeness (QED) is 0.0863. The van der Waals surface area contributed by atoms with E-state index in [2.05, 4.69) is 369 Å². The van der Waals surface area contributed by atoms with Gasteiger partial charge < -0.3 is 31.5 Å². The van der Waals surface area contributed by atoms with Crippen molar-refractivity contribution in [2.75, 3.05) is 0 Å². The Morgan fingerprint density at radius 2 is 0.517 bits per heavy atom. The van der Waals surface area contributed by atoms with Crippen molar-refractivity contribution in [2.24, 2.45) is 0 Å². The molecule has 14 heteroatoms. The van der Waals surface area contributed by atoms with Crippen molar-refractivity contribution in [1.29, 1.82) is 0 Å². The third kappa shape index (κ3) is 12.8. The molecule has 0 bridgehead atoms. The van der Waals surface area contributed by atoms with Crippen LogP contribution in [0.25, 0.3) is 293 Å². The van der Waals surface area contributed by atoms with Gasteiger partial charge in [-0.05, 0) is 153 Å². The number of hydrogen-bond acceptors (Lipinski definition) is 9. The van der Waals surface area contributed by atoms with Crippen LogP contribution in [0.5, 0.6) is 0 Å². The van der Waals surface area contributed by atoms with Crippen molar-refractivity contribution in [3.05, 3.63) is 473 Å². The monoisotopic (exact) mass is 1850 g/mol. The Morgan fingerprint density at radius 3 is 1.07 bits per heavy atom. The zero-order valence-corrected chi connectivity index (χ0v) is 77.7. The van der Waals surface area contributed by atoms with E-state index in [0.29, 0.717) is 40.5 Å². The molecule has 0 N–H and O–H groups in total. The third-order valence-electron chi connectivity index (χ3n) is 29.2. The van der Waals surface area contributed by atoms with Crippen molar-refractivity contribution in [3.8, 4) is 108 Å². The lowest BCUT2D eigenvalue weighted by Gasteiger charge is -2.15. The minimum absolute atomic E-state index is 0.545. The van der Waals surface area contributed by atoms with Crippen LogP contribution >= 0.6 is 0 Å². The number of para-hydroxylation sites is 9. The van der Waals surface area contributed by atoms with Crippen molar-refractivity contribution < 1.29 is 17.8 Å². The maximum atomic E-state index is 7.16. The summed E-state index contributed by atoms with van der Waals surface area (Å²) in [5, 5.41) is 22.7. The number of rotatable bonds is 12. The van der Waals surface area contributed by atoms with E-state index in [1.54, 1.807) is 0 Å². The fourth-order valence-corrected chi connectivity index (χ4v) is 22.7. The number of benzene rings is 21. The summed E-state index contributed by atoms with van der Waals surface area (Å²) < 4.78 is 33.0. The van der Waals surface area contributed by atoms with E-state index in [0.717, 1.165) is 199 Å². The van der Waals surface area contributed by atoms with E-state index < -0.39 is 0 Å². The van der Waals surface area contributed by atoms with Gasteiger partial charge in [0.1, 0.15) is 11.2 Å². The van der Waals surface area contributed by atoms with Gasteiger partial charge in [0.05, 0.1) is 60.8 Å². The first kappa shape index (κ1) is 81.2. The Hall–Kier alpha value is -19.8. The molecule has 0 radical (unpaired) electrons. The second kappa shape index (κ2) is 32.4. The molecule has 0 amide bonds. The molecule has 0 spiro atoms. The normalized spacial score (nSPS) is 12.0. The molecule has 14 nitrogen and oxygen atoms in total. The second-order valence-electron chi connectivity index (χ2n) is 37.2. The van der Waals surface area contributed by atoms with Gasteiger partial charge in [0, 0.05) is 139 Å². The summed E-state index contributed by atoms with van der Waals surface area (Å²) >= 11 is 0. The van der Waals surface area contributed by atoms with Gasteiger partial charge in [0.15, 0.2) is 57.9 Å². The first-order valence-electron chi connectivity index (χ1n) is 48.9. The van der Waals surface area contributed by atoms with Crippen molar-refractivity contribution in [1.82, 2.24) is 48.2 Å². The minimum Gasteiger partial charge on any atom is -0.453 e. The number of furan rings is 3. The number of hydrogen-bond donors (Lipinski definition) is 0. The summed E-state index contributed by atoms with van der Waals surface area (Å²) in [5.74, 6) is 3.67. The molecular weight excluding hydrogens is 1780 g/mol. The number of fused-ring (bicyclic) bond motifs is 29. The lowest BCUT2D eigenvalue weighted by atomic mass is 9.93. The smallest absolute Gasteiger partial charge is 0.387 e. The van der Waals surface area contributed by atoms with Crippen LogP contribution in [0, 0.1) is 0 Å². The number of nitrogens with zero attached hydrogens (tertiary/aromatic N) is 11. The molecule has 674 valence electrons. The maximum absolute atomic E-state index is 7.16. The summed E-state index contributed by atoms with van der Waals surface area (Å²) in [6.45, 7) is 0. The van der Waals surface area contributed by atoms with Crippen LogP contribution in [-0.2, 0) is 0 Å². The minimum atomic E-state index is 0.545. The van der Waals surface area contributed by atoms with E-state index in [9.17, 15) is 0 Å². The van der Waals surface area contributed by atoms with Crippen LogP contribution in [0.2, 0.25) is 0 Å². The van der Waals surface area contributed by atoms with Crippen LogP contribution in [-0.4, -0.2) is 48.2 Å². The highest BCUT2D eigenvalue weighted by atomic mass is 16.3. The zero-order valence-electron chi connectivity index (χ0n) is 77.7. The van der Waals surface area contributed by atoms with Crippen molar-refractivity contribution in [3.63, 3.8) is 0 Å². The van der Waals surface area contributed by atoms with Gasteiger partial charge in [-0.1, -0.05) is 334 Å². The summed E-state index contributed by atoms with van der Waals surface area (Å²) in [4.78, 5) is 30.2. The summed E-state index contributed by atoms with van der Waals surface area (Å²) in [6, 6.07) is 165. The van der Waals surface area contributed by atoms with E-state index >= 15 is 0 Å². The van der Waals surface area contributed by atoms with E-state index in [4.69, 9.17) is 43.2 Å². The largest absolute Gasteiger partial charge is 0.453 e. The first-order chi connectivity index (χ1) is 71.9. The van der Waals surface area contributed by atoms with Gasteiger partial charge in [-0.15, -0.1) is 4.57 Å². The molecule has 0 fully saturated rings. The standard InChI is InChI=1S/C69H41N5O.C62H37N6O2/c1-4-17-42(18-5-1)67-70-68(43-19-6-2-7-20-43)72-69(71-67)45-31-34-51-52-35-33-47(41-59(52)50-24-11-10-23-49(50)58(51)40-45)73-61-29-14-13-26-54(61)60-39-44(32-38-63(60)73)48-27-16-28-56-57-37-36-55-53-25-12-15-30-62(53)74(46-21-8-3-9-22-46)64(55)66(57)75-65(48)56;1-4-17-38(18-5-1)59-63-60(39-19-6-2-7-20-39)65-61(64-59)49-27-14-25-45-46-26-15-31-54(57(46)69-56(45)49)68-52-30-13-11-24-43(52)50-37-41(32-35-53(50)68)66-36-16-28-48-47-34-33-44-42-23-10-12-29-51(42)67(40-21-8-3-9-22-40)55(44)58(47)70-62(48)66/h1-41H;1-37H/q;+1. The number of pyridine rings is 1. The molecule has 21 aromatic carbocycles. The molecule has 10 aromatic heterocycles. The maximum Gasteiger partial charge on any atom is 0.387 e. The lowest BCUT2D eigenvalue weighted by Crippen LogP contribution is -2.30. The highest BCUT2D eigenvalue weighted by Gasteiger charge is 2.30. The highest BCUT2D eigenvalue weighted by Crippen LogP contribution is 2.49. The van der Waals surface area contributed by atoms with Gasteiger partial charge in [0.25, 0.3) is 0 Å². The molecule has 145 heavy (non-hydrogen) atoms. The summed E-state index contributed by atoms with van der Waals surface area (Å²) in [6.07, 6.45) is 2.10. The average Bonchev–Trinajstić information content (AvgIpc) is 1.57. The van der Waals surface area contributed by atoms with Gasteiger partial charge in [-0.3, -0.25) is 0 Å². The van der Waals surface area contributed by atoms with Crippen molar-refractivity contribution in [2.45, 2.75) is 0 Å². The van der Waals surface area contributed by atoms with E-state index in [-0.39, 0.29) is 0 Å². The molecule has 0 atom stereocenters. The Balaban J connectivity index is 0.000000135. The molecule has 0 aliphatic rings. The van der Waals surface area contributed by atoms with E-state index in [1.807, 2.05) is 127 Å². The topological polar surface area (TPSA) is 140 Å². The van der Waals surface area contributed by atoms with Crippen LogP contribution < -0.4 is 4.57 Å². The van der Waals surface area contributed by atoms with Crippen molar-refractivity contribution >= 4 is 185 Å². The Morgan fingerprint density at radius 1 is 0.172 bits per heavy atom. The predicted octanol–water partition coefficient (Wildman–Crippen LogP) is 33.2. The summed E-state index contributed by atoms with van der Waals surface area (Å²) in [5.41, 5.74) is 26.6. The molecule has 0 aliphatic heterocycles. The second-order valence-corrected chi connectivity index (χ2v) is 37.2. The molecule has 10 heterocycles. The Labute approximate surface area is 827 Å². The van der Waals surface area contributed by atoms with Crippen LogP contribution in [0.15, 0.2) is 487 Å². The predicted molar refractivity (Wildman–Crippen MR) is 591 cm³/mol. The SMILES string of the molecule is c1ccc(-c2nc(-c3ccccc3)nc(-c3ccc4c5ccc(-n6c7ccccc7c7cc(-c8cccc9c8oc8c9ccc9c%10ccccc%10n(-c%10ccccc%10)c98)ccc76)cc5c5ccccc5c4c3)n2)cc1.c1ccc(-c2nc(-c3ccccc3)nc(-c3cccc4c3oc3c(-n5c6ccccc6c6cc(-[n+]7cccc8c9ccc%10c%11ccccc%11n(-c%11ccccc%11)c%10c9oc87)ccc65)cccc34)n2)cc1. The number of aromatic nitrogens is 11. The van der Waals surface area contributed by atoms with Gasteiger partial charge >= 0.3 is 5.71 Å². The van der Waals surface area contributed by atoms with Gasteiger partial charge in [0.2, 0.25) is 5.69 Å². The van der Waals surface area contributed by atoms with Crippen LogP contribution in [0.4, 0.5) is 0 Å². The highest BCUT2D eigenvalue weighted by molar-refractivity contribution is 6.28. The van der Waals surface area contributed by atoms with Gasteiger partial charge in [-0.25, -0.2) is 29.9 Å². The van der Waals surface area contributed by atoms with Crippen LogP contribution in [0.1, 0.15) is 0 Å². The Bertz CT molecular complexity index is 10700. The van der Waals surface area contributed by atoms with Gasteiger partial charge in [-0.2, -0.15) is 0 Å². The Kier molecular flexibility index (Phi) is 18.1. The third-order valence-corrected chi connectivity index (χ3v) is 29.2. The summed E-state index contributed by atoms with van der Waals surface area (Å²) in [7, 11) is 0. The fraction of sp³-hybridized carbons (Fsp3) is 0. The molecule has 0 saturated carbocycles. The fourth-order valence-electron chi connectivity index (χ4n) is 22.7.